The molecule has 2 aromatic carbocycles. The van der Waals surface area contributed by atoms with E-state index in [1.807, 2.05) is 30.3 Å². The number of hydrogen-bond acceptors (Lipinski definition) is 4. The normalized spacial score (nSPS) is 10.5. The maximum absolute atomic E-state index is 12.1. The molecule has 0 spiro atoms. The van der Waals surface area contributed by atoms with Gasteiger partial charge in [-0.1, -0.05) is 59.6 Å². The lowest BCUT2D eigenvalue weighted by molar-refractivity contribution is 0.874. The van der Waals surface area contributed by atoms with Gasteiger partial charge in [0.05, 0.1) is 15.7 Å². The molecule has 1 aromatic heterocycles. The van der Waals surface area contributed by atoms with Gasteiger partial charge in [-0.15, -0.1) is 10.2 Å². The zero-order valence-corrected chi connectivity index (χ0v) is 13.4. The summed E-state index contributed by atoms with van der Waals surface area (Å²) in [7, 11) is 0. The maximum atomic E-state index is 12.1. The molecule has 0 fully saturated rings. The van der Waals surface area contributed by atoms with E-state index in [1.54, 1.807) is 18.2 Å². The van der Waals surface area contributed by atoms with Crippen molar-refractivity contribution in [2.24, 2.45) is 0 Å². The van der Waals surface area contributed by atoms with Gasteiger partial charge in [0, 0.05) is 6.42 Å². The van der Waals surface area contributed by atoms with Gasteiger partial charge in [-0.2, -0.15) is 0 Å². The van der Waals surface area contributed by atoms with Crippen molar-refractivity contribution >= 4 is 34.8 Å². The molecule has 0 saturated heterocycles. The minimum Gasteiger partial charge on any atom is -0.323 e. The van der Waals surface area contributed by atoms with Gasteiger partial charge in [0.25, 0.3) is 5.56 Å². The fourth-order valence-corrected chi connectivity index (χ4v) is 2.40. The van der Waals surface area contributed by atoms with Crippen LogP contribution in [-0.4, -0.2) is 15.2 Å². The maximum Gasteiger partial charge on any atom is 0.274 e. The Hall–Kier alpha value is -2.37. The summed E-state index contributed by atoms with van der Waals surface area (Å²) < 4.78 is 0. The van der Waals surface area contributed by atoms with Gasteiger partial charge in [0.1, 0.15) is 5.69 Å². The Bertz CT molecular complexity index is 881. The van der Waals surface area contributed by atoms with Crippen LogP contribution in [0.5, 0.6) is 0 Å². The molecule has 116 valence electrons. The van der Waals surface area contributed by atoms with Crippen LogP contribution in [0.1, 0.15) is 11.3 Å². The molecule has 2 N–H and O–H groups in total. The molecule has 5 nitrogen and oxygen atoms in total. The topological polar surface area (TPSA) is 70.7 Å². The first-order valence-electron chi connectivity index (χ1n) is 6.84. The molecule has 3 rings (SSSR count). The van der Waals surface area contributed by atoms with Gasteiger partial charge in [-0.05, 0) is 17.7 Å². The van der Waals surface area contributed by atoms with Crippen molar-refractivity contribution in [2.45, 2.75) is 6.42 Å². The number of rotatable bonds is 4. The van der Waals surface area contributed by atoms with E-state index in [2.05, 4.69) is 20.5 Å². The fraction of sp³-hybridized carbons (Fsp3) is 0.0625. The van der Waals surface area contributed by atoms with E-state index in [0.29, 0.717) is 27.8 Å². The van der Waals surface area contributed by atoms with Crippen LogP contribution in [0.4, 0.5) is 11.6 Å². The number of aromatic nitrogens is 3. The molecule has 0 radical (unpaired) electrons. The van der Waals surface area contributed by atoms with Crippen LogP contribution in [-0.2, 0) is 6.42 Å². The third-order valence-corrected chi connectivity index (χ3v) is 4.00. The number of benzene rings is 2. The summed E-state index contributed by atoms with van der Waals surface area (Å²) in [6.07, 6.45) is 0.418. The molecule has 23 heavy (non-hydrogen) atoms. The second-order valence-electron chi connectivity index (χ2n) is 4.84. The summed E-state index contributed by atoms with van der Waals surface area (Å²) in [6, 6.07) is 14.7. The van der Waals surface area contributed by atoms with Crippen LogP contribution >= 0.6 is 23.2 Å². The Morgan fingerprint density at radius 1 is 1.00 bits per heavy atom. The summed E-state index contributed by atoms with van der Waals surface area (Å²) in [5.74, 6) is 0.205. The molecule has 0 bridgehead atoms. The predicted octanol–water partition coefficient (Wildman–Crippen LogP) is 3.81. The van der Waals surface area contributed by atoms with Crippen molar-refractivity contribution in [3.05, 3.63) is 80.2 Å². The lowest BCUT2D eigenvalue weighted by atomic mass is 10.1. The molecule has 1 heterocycles. The van der Waals surface area contributed by atoms with Crippen molar-refractivity contribution in [1.82, 2.24) is 15.2 Å². The first-order valence-corrected chi connectivity index (χ1v) is 7.60. The summed E-state index contributed by atoms with van der Waals surface area (Å²) in [4.78, 5) is 14.8. The highest BCUT2D eigenvalue weighted by Crippen LogP contribution is 2.30. The molecule has 0 aliphatic carbocycles. The molecule has 0 aliphatic heterocycles. The quantitative estimate of drug-likeness (QED) is 0.753. The predicted molar refractivity (Wildman–Crippen MR) is 91.6 cm³/mol. The third-order valence-electron chi connectivity index (χ3n) is 3.18. The van der Waals surface area contributed by atoms with Gasteiger partial charge in [0.15, 0.2) is 0 Å². The molecule has 0 unspecified atom stereocenters. The van der Waals surface area contributed by atoms with E-state index in [4.69, 9.17) is 23.2 Å². The molecule has 0 atom stereocenters. The van der Waals surface area contributed by atoms with Crippen molar-refractivity contribution < 1.29 is 0 Å². The van der Waals surface area contributed by atoms with Gasteiger partial charge in [0.2, 0.25) is 5.95 Å². The van der Waals surface area contributed by atoms with Crippen molar-refractivity contribution in [2.75, 3.05) is 5.32 Å². The molecule has 3 aromatic rings. The molecule has 7 heteroatoms. The van der Waals surface area contributed by atoms with Gasteiger partial charge in [-0.3, -0.25) is 9.78 Å². The summed E-state index contributed by atoms with van der Waals surface area (Å²) in [5, 5.41) is 11.6. The van der Waals surface area contributed by atoms with Crippen molar-refractivity contribution in [3.63, 3.8) is 0 Å². The van der Waals surface area contributed by atoms with Crippen molar-refractivity contribution in [1.29, 1.82) is 0 Å². The minimum atomic E-state index is -0.301. The van der Waals surface area contributed by atoms with Crippen LogP contribution in [0.3, 0.4) is 0 Å². The number of H-pyrrole nitrogens is 1. The zero-order valence-electron chi connectivity index (χ0n) is 11.9. The van der Waals surface area contributed by atoms with Crippen LogP contribution in [0, 0.1) is 0 Å². The molecular weight excluding hydrogens is 335 g/mol. The number of anilines is 2. The monoisotopic (exact) mass is 346 g/mol. The molecule has 0 saturated carbocycles. The summed E-state index contributed by atoms with van der Waals surface area (Å²) >= 11 is 12.0. The first-order chi connectivity index (χ1) is 11.1. The molecular formula is C16H12Cl2N4O. The number of hydrogen-bond donors (Lipinski definition) is 2. The van der Waals surface area contributed by atoms with E-state index < -0.39 is 0 Å². The largest absolute Gasteiger partial charge is 0.323 e. The summed E-state index contributed by atoms with van der Waals surface area (Å²) in [6.45, 7) is 0. The highest BCUT2D eigenvalue weighted by Gasteiger charge is 2.09. The third kappa shape index (κ3) is 3.70. The fourth-order valence-electron chi connectivity index (χ4n) is 2.05. The number of aromatic amines is 1. The van der Waals surface area contributed by atoms with E-state index in [-0.39, 0.29) is 11.5 Å². The van der Waals surface area contributed by atoms with Crippen molar-refractivity contribution in [3.8, 4) is 0 Å². The first kappa shape index (κ1) is 15.5. The zero-order chi connectivity index (χ0) is 16.2. The highest BCUT2D eigenvalue weighted by molar-refractivity contribution is 6.43. The smallest absolute Gasteiger partial charge is 0.274 e. The van der Waals surface area contributed by atoms with E-state index >= 15 is 0 Å². The highest BCUT2D eigenvalue weighted by atomic mass is 35.5. The molecule has 0 aliphatic rings. The van der Waals surface area contributed by atoms with Gasteiger partial charge in [-0.25, -0.2) is 0 Å². The van der Waals surface area contributed by atoms with Gasteiger partial charge < -0.3 is 5.32 Å². The average molecular weight is 347 g/mol. The van der Waals surface area contributed by atoms with Crippen LogP contribution in [0.25, 0.3) is 0 Å². The standard InChI is InChI=1S/C16H12Cl2N4O/c17-11-7-4-8-12(14(11)18)19-16-20-15(23)13(21-22-16)9-10-5-2-1-3-6-10/h1-8H,9H2,(H2,19,20,22,23). The van der Waals surface area contributed by atoms with Crippen LogP contribution in [0.15, 0.2) is 53.3 Å². The van der Waals surface area contributed by atoms with Crippen LogP contribution < -0.4 is 10.9 Å². The lowest BCUT2D eigenvalue weighted by Gasteiger charge is -2.08. The average Bonchev–Trinajstić information content (AvgIpc) is 2.55. The Morgan fingerprint density at radius 3 is 2.52 bits per heavy atom. The van der Waals surface area contributed by atoms with E-state index in [0.717, 1.165) is 5.56 Å². The number of nitrogens with zero attached hydrogens (tertiary/aromatic N) is 2. The molecule has 0 amide bonds. The SMILES string of the molecule is O=c1[nH]c(Nc2cccc(Cl)c2Cl)nnc1Cc1ccccc1. The number of nitrogens with one attached hydrogen (secondary N) is 2. The van der Waals surface area contributed by atoms with E-state index in [1.165, 1.54) is 0 Å². The Kier molecular flexibility index (Phi) is 4.60. The number of halogens is 2. The Morgan fingerprint density at radius 2 is 1.78 bits per heavy atom. The van der Waals surface area contributed by atoms with Crippen LogP contribution in [0.2, 0.25) is 10.0 Å². The second kappa shape index (κ2) is 6.81. The Balaban J connectivity index is 1.82. The van der Waals surface area contributed by atoms with Gasteiger partial charge >= 0.3 is 0 Å². The lowest BCUT2D eigenvalue weighted by Crippen LogP contribution is -2.18. The minimum absolute atomic E-state index is 0.205. The summed E-state index contributed by atoms with van der Waals surface area (Å²) in [5.41, 5.74) is 1.58. The van der Waals surface area contributed by atoms with E-state index in [9.17, 15) is 4.79 Å². The Labute approximate surface area is 142 Å². The second-order valence-corrected chi connectivity index (χ2v) is 5.62.